The zero-order chi connectivity index (χ0) is 20.7. The van der Waals surface area contributed by atoms with E-state index in [1.54, 1.807) is 6.07 Å². The van der Waals surface area contributed by atoms with Gasteiger partial charge in [0, 0.05) is 48.3 Å². The maximum absolute atomic E-state index is 12.9. The van der Waals surface area contributed by atoms with Crippen LogP contribution in [-0.2, 0) is 14.4 Å². The molecule has 0 fully saturated rings. The maximum atomic E-state index is 12.9. The molecule has 6 nitrogen and oxygen atoms in total. The Morgan fingerprint density at radius 2 is 1.69 bits per heavy atom. The second kappa shape index (κ2) is 7.78. The van der Waals surface area contributed by atoms with E-state index in [0.29, 0.717) is 23.1 Å². The molecule has 0 unspecified atom stereocenters. The lowest BCUT2D eigenvalue weighted by molar-refractivity contribution is -0.139. The second-order valence-corrected chi connectivity index (χ2v) is 8.49. The van der Waals surface area contributed by atoms with E-state index in [0.717, 1.165) is 53.8 Å². The number of carbonyl (C=O) groups is 3. The van der Waals surface area contributed by atoms with Crippen LogP contribution in [0.1, 0.15) is 50.0 Å². The van der Waals surface area contributed by atoms with Crippen LogP contribution in [-0.4, -0.2) is 41.2 Å². The number of hydrogen-bond donors (Lipinski definition) is 1. The first-order valence-electron chi connectivity index (χ1n) is 9.78. The number of rotatable bonds is 4. The summed E-state index contributed by atoms with van der Waals surface area (Å²) in [6, 6.07) is 5.37. The van der Waals surface area contributed by atoms with Gasteiger partial charge in [0.1, 0.15) is 5.75 Å². The molecular weight excluding hydrogens is 438 g/mol. The molecule has 0 aromatic heterocycles. The van der Waals surface area contributed by atoms with Gasteiger partial charge in [-0.3, -0.25) is 9.59 Å². The van der Waals surface area contributed by atoms with E-state index in [9.17, 15) is 14.4 Å². The monoisotopic (exact) mass is 459 g/mol. The SMILES string of the molecule is CN1C2=C(C(=O)CCC2)C(c2ccc(OCC(=O)O)c(Br)c2)C2=C1CCCC2=O. The Morgan fingerprint density at radius 1 is 1.10 bits per heavy atom. The molecule has 2 aliphatic carbocycles. The van der Waals surface area contributed by atoms with Crippen LogP contribution in [0.5, 0.6) is 5.75 Å². The molecule has 4 rings (SSSR count). The molecule has 7 heteroatoms. The summed E-state index contributed by atoms with van der Waals surface area (Å²) in [6.45, 7) is -0.437. The fraction of sp³-hybridized carbons (Fsp3) is 0.409. The molecule has 0 bridgehead atoms. The van der Waals surface area contributed by atoms with Crippen molar-refractivity contribution >= 4 is 33.5 Å². The van der Waals surface area contributed by atoms with Crippen LogP contribution in [0, 0.1) is 0 Å². The highest BCUT2D eigenvalue weighted by Gasteiger charge is 2.42. The van der Waals surface area contributed by atoms with Crippen molar-refractivity contribution in [2.24, 2.45) is 0 Å². The summed E-state index contributed by atoms with van der Waals surface area (Å²) in [7, 11) is 1.97. The Kier molecular flexibility index (Phi) is 5.34. The first kappa shape index (κ1) is 19.9. The molecule has 152 valence electrons. The molecule has 0 spiro atoms. The lowest BCUT2D eigenvalue weighted by Crippen LogP contribution is -2.37. The van der Waals surface area contributed by atoms with Gasteiger partial charge in [0.15, 0.2) is 18.2 Å². The number of allylic oxidation sites excluding steroid dienone is 4. The minimum Gasteiger partial charge on any atom is -0.481 e. The van der Waals surface area contributed by atoms with E-state index in [-0.39, 0.29) is 17.5 Å². The maximum Gasteiger partial charge on any atom is 0.341 e. The van der Waals surface area contributed by atoms with Crippen LogP contribution in [0.25, 0.3) is 0 Å². The van der Waals surface area contributed by atoms with Gasteiger partial charge >= 0.3 is 5.97 Å². The molecule has 3 aliphatic rings. The number of carboxylic acid groups (broad SMARTS) is 1. The van der Waals surface area contributed by atoms with Crippen molar-refractivity contribution in [1.82, 2.24) is 4.90 Å². The Bertz CT molecular complexity index is 933. The molecule has 0 saturated carbocycles. The fourth-order valence-corrected chi connectivity index (χ4v) is 5.15. The Hall–Kier alpha value is -2.41. The average Bonchev–Trinajstić information content (AvgIpc) is 2.68. The molecule has 0 amide bonds. The minimum absolute atomic E-state index is 0.107. The lowest BCUT2D eigenvalue weighted by Gasteiger charge is -2.42. The fourth-order valence-electron chi connectivity index (χ4n) is 4.64. The van der Waals surface area contributed by atoms with Gasteiger partial charge in [-0.05, 0) is 59.3 Å². The van der Waals surface area contributed by atoms with E-state index in [2.05, 4.69) is 20.8 Å². The van der Waals surface area contributed by atoms with Gasteiger partial charge < -0.3 is 14.7 Å². The Balaban J connectivity index is 1.82. The topological polar surface area (TPSA) is 83.9 Å². The van der Waals surface area contributed by atoms with Crippen LogP contribution in [0.15, 0.2) is 45.2 Å². The molecule has 29 heavy (non-hydrogen) atoms. The highest BCUT2D eigenvalue weighted by atomic mass is 79.9. The quantitative estimate of drug-likeness (QED) is 0.733. The Morgan fingerprint density at radius 3 is 2.21 bits per heavy atom. The number of hydrogen-bond acceptors (Lipinski definition) is 5. The summed E-state index contributed by atoms with van der Waals surface area (Å²) >= 11 is 3.45. The van der Waals surface area contributed by atoms with Crippen molar-refractivity contribution in [3.05, 3.63) is 50.8 Å². The van der Waals surface area contributed by atoms with Gasteiger partial charge in [-0.15, -0.1) is 0 Å². The van der Waals surface area contributed by atoms with Gasteiger partial charge in [-0.25, -0.2) is 4.79 Å². The lowest BCUT2D eigenvalue weighted by atomic mass is 9.71. The van der Waals surface area contributed by atoms with Crippen molar-refractivity contribution in [1.29, 1.82) is 0 Å². The van der Waals surface area contributed by atoms with Gasteiger partial charge in [0.2, 0.25) is 0 Å². The molecule has 0 saturated heterocycles. The van der Waals surface area contributed by atoms with Crippen molar-refractivity contribution in [3.63, 3.8) is 0 Å². The number of halogens is 1. The van der Waals surface area contributed by atoms with Crippen LogP contribution in [0.4, 0.5) is 0 Å². The predicted molar refractivity (Wildman–Crippen MR) is 110 cm³/mol. The molecule has 1 aromatic carbocycles. The average molecular weight is 460 g/mol. The summed E-state index contributed by atoms with van der Waals surface area (Å²) in [5.41, 5.74) is 4.37. The summed E-state index contributed by atoms with van der Waals surface area (Å²) in [4.78, 5) is 38.8. The molecule has 1 N–H and O–H groups in total. The first-order chi connectivity index (χ1) is 13.9. The first-order valence-corrected chi connectivity index (χ1v) is 10.6. The zero-order valence-electron chi connectivity index (χ0n) is 16.2. The largest absolute Gasteiger partial charge is 0.481 e. The van der Waals surface area contributed by atoms with E-state index in [1.807, 2.05) is 19.2 Å². The van der Waals surface area contributed by atoms with Crippen LogP contribution in [0.3, 0.4) is 0 Å². The summed E-state index contributed by atoms with van der Waals surface area (Å²) in [5.74, 6) is -0.800. The van der Waals surface area contributed by atoms with Gasteiger partial charge in [0.05, 0.1) is 4.47 Å². The number of ether oxygens (including phenoxy) is 1. The number of carbonyl (C=O) groups excluding carboxylic acids is 2. The summed E-state index contributed by atoms with van der Waals surface area (Å²) in [6.07, 6.45) is 4.33. The smallest absolute Gasteiger partial charge is 0.341 e. The second-order valence-electron chi connectivity index (χ2n) is 7.64. The number of benzene rings is 1. The molecule has 1 aliphatic heterocycles. The molecule has 1 heterocycles. The van der Waals surface area contributed by atoms with Crippen LogP contribution >= 0.6 is 15.9 Å². The number of carboxylic acids is 1. The summed E-state index contributed by atoms with van der Waals surface area (Å²) in [5, 5.41) is 8.83. The van der Waals surface area contributed by atoms with E-state index < -0.39 is 12.6 Å². The third-order valence-electron chi connectivity index (χ3n) is 5.88. The number of nitrogens with zero attached hydrogens (tertiary/aromatic N) is 1. The normalized spacial score (nSPS) is 20.0. The highest BCUT2D eigenvalue weighted by molar-refractivity contribution is 9.10. The predicted octanol–water partition coefficient (Wildman–Crippen LogP) is 3.96. The number of ketones is 2. The highest BCUT2D eigenvalue weighted by Crippen LogP contribution is 2.49. The number of aliphatic carboxylic acids is 1. The third-order valence-corrected chi connectivity index (χ3v) is 6.50. The van der Waals surface area contributed by atoms with Crippen molar-refractivity contribution in [2.75, 3.05) is 13.7 Å². The van der Waals surface area contributed by atoms with E-state index in [4.69, 9.17) is 9.84 Å². The molecule has 0 radical (unpaired) electrons. The van der Waals surface area contributed by atoms with E-state index in [1.165, 1.54) is 0 Å². The van der Waals surface area contributed by atoms with Crippen molar-refractivity contribution < 1.29 is 24.2 Å². The Labute approximate surface area is 177 Å². The third kappa shape index (κ3) is 3.52. The molecular formula is C22H22BrNO5. The summed E-state index contributed by atoms with van der Waals surface area (Å²) < 4.78 is 5.90. The van der Waals surface area contributed by atoms with Gasteiger partial charge in [-0.2, -0.15) is 0 Å². The molecule has 1 aromatic rings. The van der Waals surface area contributed by atoms with Gasteiger partial charge in [-0.1, -0.05) is 6.07 Å². The zero-order valence-corrected chi connectivity index (χ0v) is 17.8. The minimum atomic E-state index is -1.05. The van der Waals surface area contributed by atoms with Crippen molar-refractivity contribution in [2.45, 2.75) is 44.4 Å². The van der Waals surface area contributed by atoms with Crippen LogP contribution in [0.2, 0.25) is 0 Å². The van der Waals surface area contributed by atoms with Crippen LogP contribution < -0.4 is 4.74 Å². The van der Waals surface area contributed by atoms with Gasteiger partial charge in [0.25, 0.3) is 0 Å². The van der Waals surface area contributed by atoms with Crippen molar-refractivity contribution in [3.8, 4) is 5.75 Å². The molecule has 0 atom stereocenters. The van der Waals surface area contributed by atoms with E-state index >= 15 is 0 Å². The number of Topliss-reactive ketones (excluding diaryl/α,β-unsaturated/α-hetero) is 2. The standard InChI is InChI=1S/C22H22BrNO5/c1-24-14-4-2-6-16(25)21(14)20(22-15(24)5-3-7-17(22)26)12-8-9-18(13(23)10-12)29-11-19(27)28/h8-10,20H,2-7,11H2,1H3,(H,27,28).